The summed E-state index contributed by atoms with van der Waals surface area (Å²) in [5.74, 6) is 1.92. The number of rotatable bonds is 9. The fraction of sp³-hybridized carbons (Fsp3) is 0.154. The number of halogens is 1. The number of hydrogen-bond donors (Lipinski definition) is 0. The Bertz CT molecular complexity index is 1270. The third-order valence-electron chi connectivity index (χ3n) is 5.01. The van der Waals surface area contributed by atoms with Crippen LogP contribution in [0.1, 0.15) is 5.56 Å². The fourth-order valence-corrected chi connectivity index (χ4v) is 4.99. The van der Waals surface area contributed by atoms with Crippen LogP contribution in [-0.4, -0.2) is 37.7 Å². The summed E-state index contributed by atoms with van der Waals surface area (Å²) >= 11 is 13.2. The van der Waals surface area contributed by atoms with Crippen LogP contribution in [0.15, 0.2) is 71.6 Å². The van der Waals surface area contributed by atoms with Gasteiger partial charge in [-0.3, -0.25) is 9.69 Å². The normalized spacial score (nSPS) is 14.4. The number of para-hydroxylation sites is 3. The van der Waals surface area contributed by atoms with Crippen LogP contribution in [0, 0.1) is 0 Å². The summed E-state index contributed by atoms with van der Waals surface area (Å²) in [5, 5.41) is 0.353. The van der Waals surface area contributed by atoms with Gasteiger partial charge in [-0.1, -0.05) is 65.9 Å². The zero-order valence-corrected chi connectivity index (χ0v) is 21.4. The largest absolute Gasteiger partial charge is 0.493 e. The van der Waals surface area contributed by atoms with Crippen LogP contribution in [0.5, 0.6) is 23.0 Å². The van der Waals surface area contributed by atoms with E-state index in [9.17, 15) is 4.79 Å². The van der Waals surface area contributed by atoms with Gasteiger partial charge in [0.1, 0.15) is 13.2 Å². The lowest BCUT2D eigenvalue weighted by atomic mass is 10.1. The van der Waals surface area contributed by atoms with Crippen LogP contribution < -0.4 is 23.8 Å². The first-order valence-corrected chi connectivity index (χ1v) is 12.2. The van der Waals surface area contributed by atoms with E-state index >= 15 is 0 Å². The van der Waals surface area contributed by atoms with E-state index in [1.807, 2.05) is 54.6 Å². The molecule has 3 aromatic rings. The number of carbonyl (C=O) groups is 1. The van der Waals surface area contributed by atoms with Crippen molar-refractivity contribution < 1.29 is 23.7 Å². The molecule has 9 heteroatoms. The highest BCUT2D eigenvalue weighted by atomic mass is 35.5. The molecule has 1 saturated heterocycles. The Hall–Kier alpha value is -3.20. The molecule has 0 bridgehead atoms. The molecule has 0 saturated carbocycles. The molecular formula is C26H22ClNO5S2. The molecule has 0 aliphatic carbocycles. The van der Waals surface area contributed by atoms with Gasteiger partial charge in [0.15, 0.2) is 27.3 Å². The molecule has 4 rings (SSSR count). The minimum absolute atomic E-state index is 0.185. The highest BCUT2D eigenvalue weighted by molar-refractivity contribution is 8.27. The van der Waals surface area contributed by atoms with Crippen molar-refractivity contribution in [2.75, 3.05) is 32.3 Å². The number of amides is 1. The molecule has 1 fully saturated rings. The van der Waals surface area contributed by atoms with E-state index in [1.54, 1.807) is 25.3 Å². The molecule has 1 amide bonds. The first-order chi connectivity index (χ1) is 17.0. The number of anilines is 1. The Morgan fingerprint density at radius 3 is 2.29 bits per heavy atom. The monoisotopic (exact) mass is 527 g/mol. The zero-order chi connectivity index (χ0) is 24.8. The molecule has 180 valence electrons. The molecule has 3 aromatic carbocycles. The molecule has 0 N–H and O–H groups in total. The van der Waals surface area contributed by atoms with Crippen molar-refractivity contribution in [3.05, 3.63) is 82.2 Å². The lowest BCUT2D eigenvalue weighted by Crippen LogP contribution is -2.27. The molecule has 0 aromatic heterocycles. The van der Waals surface area contributed by atoms with Gasteiger partial charge < -0.3 is 18.9 Å². The Kier molecular flexibility index (Phi) is 8.17. The summed E-state index contributed by atoms with van der Waals surface area (Å²) in [4.78, 5) is 15.0. The lowest BCUT2D eigenvalue weighted by Gasteiger charge is -2.15. The molecule has 0 spiro atoms. The molecule has 1 aliphatic heterocycles. The van der Waals surface area contributed by atoms with Crippen molar-refractivity contribution >= 4 is 57.6 Å². The van der Waals surface area contributed by atoms with Crippen LogP contribution in [-0.2, 0) is 4.79 Å². The van der Waals surface area contributed by atoms with Crippen molar-refractivity contribution in [2.45, 2.75) is 0 Å². The third-order valence-corrected chi connectivity index (χ3v) is 6.60. The Morgan fingerprint density at radius 1 is 0.914 bits per heavy atom. The molecule has 6 nitrogen and oxygen atoms in total. The molecule has 0 atom stereocenters. The number of thiocarbonyl (C=S) groups is 1. The lowest BCUT2D eigenvalue weighted by molar-refractivity contribution is -0.113. The van der Waals surface area contributed by atoms with Crippen molar-refractivity contribution in [3.8, 4) is 23.0 Å². The molecule has 1 heterocycles. The summed E-state index contributed by atoms with van der Waals surface area (Å²) in [6, 6.07) is 20.2. The first-order valence-electron chi connectivity index (χ1n) is 10.6. The van der Waals surface area contributed by atoms with Gasteiger partial charge in [0.05, 0.1) is 29.8 Å². The Balaban J connectivity index is 1.46. The minimum Gasteiger partial charge on any atom is -0.493 e. The topological polar surface area (TPSA) is 57.2 Å². The van der Waals surface area contributed by atoms with E-state index < -0.39 is 0 Å². The van der Waals surface area contributed by atoms with E-state index in [-0.39, 0.29) is 19.1 Å². The van der Waals surface area contributed by atoms with Crippen LogP contribution in [0.25, 0.3) is 6.08 Å². The van der Waals surface area contributed by atoms with Gasteiger partial charge in [0.25, 0.3) is 5.91 Å². The number of nitrogens with zero attached hydrogens (tertiary/aromatic N) is 1. The molecular weight excluding hydrogens is 506 g/mol. The predicted molar refractivity (Wildman–Crippen MR) is 144 cm³/mol. The third kappa shape index (κ3) is 5.73. The van der Waals surface area contributed by atoms with Crippen LogP contribution in [0.4, 0.5) is 5.69 Å². The summed E-state index contributed by atoms with van der Waals surface area (Å²) < 4.78 is 22.8. The first kappa shape index (κ1) is 24.9. The Labute approximate surface area is 218 Å². The van der Waals surface area contributed by atoms with Gasteiger partial charge >= 0.3 is 0 Å². The number of ether oxygens (including phenoxy) is 4. The molecule has 0 radical (unpaired) electrons. The highest BCUT2D eigenvalue weighted by Crippen LogP contribution is 2.40. The van der Waals surface area contributed by atoms with Gasteiger partial charge in [0.2, 0.25) is 0 Å². The average molecular weight is 528 g/mol. The Morgan fingerprint density at radius 2 is 1.57 bits per heavy atom. The standard InChI is InChI=1S/C26H22ClNO5S2/c1-30-20-10-6-7-11-21(20)32-12-13-33-24-19(27)14-17(15-22(24)31-2)16-23-25(29)28(26(34)35-23)18-8-4-3-5-9-18/h3-11,14-16H,12-13H2,1-2H3/b23-16-. The second-order valence-electron chi connectivity index (χ2n) is 7.23. The number of carbonyl (C=O) groups excluding carboxylic acids is 1. The van der Waals surface area contributed by atoms with Crippen molar-refractivity contribution in [1.29, 1.82) is 0 Å². The van der Waals surface area contributed by atoms with Gasteiger partial charge in [-0.15, -0.1) is 0 Å². The number of methoxy groups -OCH3 is 2. The summed E-state index contributed by atoms with van der Waals surface area (Å²) in [6.45, 7) is 0.521. The van der Waals surface area contributed by atoms with Crippen molar-refractivity contribution in [1.82, 2.24) is 0 Å². The van der Waals surface area contributed by atoms with Crippen LogP contribution >= 0.6 is 35.6 Å². The quantitative estimate of drug-likeness (QED) is 0.186. The SMILES string of the molecule is COc1ccccc1OCCOc1c(Cl)cc(/C=C2\SC(=S)N(c3ccccc3)C2=O)cc1OC. The van der Waals surface area contributed by atoms with Crippen LogP contribution in [0.3, 0.4) is 0 Å². The van der Waals surface area contributed by atoms with Gasteiger partial charge in [0, 0.05) is 0 Å². The zero-order valence-electron chi connectivity index (χ0n) is 19.0. The van der Waals surface area contributed by atoms with Gasteiger partial charge in [-0.05, 0) is 48.0 Å². The molecule has 1 aliphatic rings. The summed E-state index contributed by atoms with van der Waals surface area (Å²) in [5.41, 5.74) is 1.42. The maximum atomic E-state index is 13.0. The maximum Gasteiger partial charge on any atom is 0.270 e. The van der Waals surface area contributed by atoms with Crippen molar-refractivity contribution in [2.24, 2.45) is 0 Å². The highest BCUT2D eigenvalue weighted by Gasteiger charge is 2.33. The minimum atomic E-state index is -0.185. The fourth-order valence-electron chi connectivity index (χ4n) is 3.42. The smallest absolute Gasteiger partial charge is 0.270 e. The van der Waals surface area contributed by atoms with E-state index in [2.05, 4.69) is 0 Å². The van der Waals surface area contributed by atoms with Gasteiger partial charge in [-0.25, -0.2) is 0 Å². The van der Waals surface area contributed by atoms with E-state index in [4.69, 9.17) is 42.8 Å². The average Bonchev–Trinajstić information content (AvgIpc) is 3.15. The molecule has 0 unspecified atom stereocenters. The van der Waals surface area contributed by atoms with E-state index in [1.165, 1.54) is 23.8 Å². The van der Waals surface area contributed by atoms with Gasteiger partial charge in [-0.2, -0.15) is 0 Å². The van der Waals surface area contributed by atoms with Crippen molar-refractivity contribution in [3.63, 3.8) is 0 Å². The van der Waals surface area contributed by atoms with E-state index in [0.29, 0.717) is 42.8 Å². The summed E-state index contributed by atoms with van der Waals surface area (Å²) in [6.07, 6.45) is 1.74. The van der Waals surface area contributed by atoms with E-state index in [0.717, 1.165) is 5.69 Å². The maximum absolute atomic E-state index is 13.0. The number of thioether (sulfide) groups is 1. The molecule has 35 heavy (non-hydrogen) atoms. The second-order valence-corrected chi connectivity index (χ2v) is 9.32. The van der Waals surface area contributed by atoms with Crippen LogP contribution in [0.2, 0.25) is 5.02 Å². The predicted octanol–water partition coefficient (Wildman–Crippen LogP) is 6.22. The number of benzene rings is 3. The second kappa shape index (κ2) is 11.5. The summed E-state index contributed by atoms with van der Waals surface area (Å²) in [7, 11) is 3.12. The number of hydrogen-bond acceptors (Lipinski definition) is 7.